The fourth-order valence-electron chi connectivity index (χ4n) is 3.48. The minimum Gasteiger partial charge on any atom is -0.492 e. The summed E-state index contributed by atoms with van der Waals surface area (Å²) in [6, 6.07) is 11.7. The number of fused-ring (bicyclic) bond motifs is 1. The van der Waals surface area contributed by atoms with Crippen LogP contribution in [-0.4, -0.2) is 68.4 Å². The zero-order chi connectivity index (χ0) is 26.3. The lowest BCUT2D eigenvalue weighted by Gasteiger charge is -2.17. The molecule has 0 aliphatic carbocycles. The number of hydrogen-bond acceptors (Lipinski definition) is 8. The first-order valence-corrected chi connectivity index (χ1v) is 12.4. The maximum atomic E-state index is 13.0. The van der Waals surface area contributed by atoms with Gasteiger partial charge in [-0.1, -0.05) is 18.2 Å². The smallest absolute Gasteiger partial charge is 0.305 e. The first-order chi connectivity index (χ1) is 17.1. The van der Waals surface area contributed by atoms with Crippen molar-refractivity contribution in [2.24, 2.45) is 0 Å². The monoisotopic (exact) mass is 514 g/mol. The molecule has 0 bridgehead atoms. The number of carbonyl (C=O) groups excluding carboxylic acids is 2. The van der Waals surface area contributed by atoms with Crippen molar-refractivity contribution in [1.29, 1.82) is 0 Å². The van der Waals surface area contributed by atoms with E-state index in [1.165, 1.54) is 23.2 Å². The highest BCUT2D eigenvalue weighted by Gasteiger charge is 2.26. The van der Waals surface area contributed by atoms with Crippen LogP contribution in [0.1, 0.15) is 22.3 Å². The first-order valence-electron chi connectivity index (χ1n) is 10.9. The average molecular weight is 515 g/mol. The summed E-state index contributed by atoms with van der Waals surface area (Å²) >= 11 is 0. The summed E-state index contributed by atoms with van der Waals surface area (Å²) in [6.45, 7) is 0.0709. The van der Waals surface area contributed by atoms with Crippen molar-refractivity contribution in [3.8, 4) is 5.75 Å². The molecule has 0 radical (unpaired) electrons. The van der Waals surface area contributed by atoms with E-state index in [1.807, 2.05) is 30.3 Å². The van der Waals surface area contributed by atoms with Gasteiger partial charge in [0.25, 0.3) is 5.91 Å². The second-order valence-corrected chi connectivity index (χ2v) is 9.73. The Morgan fingerprint density at radius 1 is 1.17 bits per heavy atom. The van der Waals surface area contributed by atoms with Crippen LogP contribution in [0.4, 0.5) is 0 Å². The number of pyridine rings is 1. The number of aldehydes is 1. The lowest BCUT2D eigenvalue weighted by molar-refractivity contribution is -0.138. The fraction of sp³-hybridized carbons (Fsp3) is 0.250. The Morgan fingerprint density at radius 3 is 2.64 bits per heavy atom. The third-order valence-corrected chi connectivity index (χ3v) is 6.58. The largest absolute Gasteiger partial charge is 0.492 e. The molecule has 0 saturated carbocycles. The van der Waals surface area contributed by atoms with Crippen molar-refractivity contribution < 1.29 is 32.6 Å². The molecule has 1 aromatic heterocycles. The SMILES string of the molecule is CN(C)NC(=O)c1ccc(S(=O)(=O)N[C@H](C=O)CC(=O)O)c(OCCc2cccc3ncccc23)c1. The van der Waals surface area contributed by atoms with Crippen LogP contribution >= 0.6 is 0 Å². The molecule has 11 nitrogen and oxygen atoms in total. The van der Waals surface area contributed by atoms with Crippen molar-refractivity contribution in [2.75, 3.05) is 20.7 Å². The van der Waals surface area contributed by atoms with Crippen molar-refractivity contribution in [1.82, 2.24) is 20.1 Å². The Kier molecular flexibility index (Phi) is 8.69. The lowest BCUT2D eigenvalue weighted by atomic mass is 10.1. The second-order valence-electron chi connectivity index (χ2n) is 8.04. The Labute approximate surface area is 208 Å². The summed E-state index contributed by atoms with van der Waals surface area (Å²) in [7, 11) is -1.12. The molecule has 2 aromatic carbocycles. The lowest BCUT2D eigenvalue weighted by Crippen LogP contribution is -2.38. The highest BCUT2D eigenvalue weighted by atomic mass is 32.2. The zero-order valence-corrected chi connectivity index (χ0v) is 20.5. The highest BCUT2D eigenvalue weighted by molar-refractivity contribution is 7.89. The number of aliphatic carboxylic acids is 1. The molecule has 1 heterocycles. The number of ether oxygens (including phenoxy) is 1. The number of nitrogens with zero attached hydrogens (tertiary/aromatic N) is 2. The van der Waals surface area contributed by atoms with Gasteiger partial charge in [0.2, 0.25) is 10.0 Å². The number of amides is 1. The van der Waals surface area contributed by atoms with E-state index in [-0.39, 0.29) is 29.1 Å². The van der Waals surface area contributed by atoms with Crippen molar-refractivity contribution in [3.63, 3.8) is 0 Å². The van der Waals surface area contributed by atoms with Crippen molar-refractivity contribution >= 4 is 39.1 Å². The van der Waals surface area contributed by atoms with Crippen LogP contribution in [-0.2, 0) is 26.0 Å². The number of benzene rings is 2. The minimum atomic E-state index is -4.36. The summed E-state index contributed by atoms with van der Waals surface area (Å²) in [5.74, 6) is -1.95. The number of aromatic nitrogens is 1. The summed E-state index contributed by atoms with van der Waals surface area (Å²) in [6.07, 6.45) is 1.59. The highest BCUT2D eigenvalue weighted by Crippen LogP contribution is 2.27. The van der Waals surface area contributed by atoms with E-state index in [4.69, 9.17) is 9.84 Å². The van der Waals surface area contributed by atoms with Gasteiger partial charge in [-0.2, -0.15) is 0 Å². The predicted molar refractivity (Wildman–Crippen MR) is 131 cm³/mol. The molecule has 0 aliphatic heterocycles. The first kappa shape index (κ1) is 26.7. The van der Waals surface area contributed by atoms with Crippen LogP contribution in [0.3, 0.4) is 0 Å². The molecule has 3 aromatic rings. The molecular weight excluding hydrogens is 488 g/mol. The summed E-state index contributed by atoms with van der Waals surface area (Å²) < 4.78 is 33.9. The van der Waals surface area contributed by atoms with Gasteiger partial charge in [0, 0.05) is 37.7 Å². The quantitative estimate of drug-likeness (QED) is 0.240. The number of carboxylic acid groups (broad SMARTS) is 1. The maximum absolute atomic E-state index is 13.0. The molecule has 1 atom stereocenters. The van der Waals surface area contributed by atoms with Crippen LogP contribution in [0, 0.1) is 0 Å². The van der Waals surface area contributed by atoms with E-state index in [1.54, 1.807) is 20.3 Å². The number of rotatable bonds is 12. The molecule has 0 unspecified atom stereocenters. The molecule has 0 spiro atoms. The number of hydrogen-bond donors (Lipinski definition) is 3. The molecule has 3 N–H and O–H groups in total. The average Bonchev–Trinajstić information content (AvgIpc) is 2.82. The van der Waals surface area contributed by atoms with Gasteiger partial charge < -0.3 is 14.6 Å². The number of nitrogens with one attached hydrogen (secondary N) is 2. The molecule has 0 aliphatic rings. The maximum Gasteiger partial charge on any atom is 0.305 e. The number of hydrazine groups is 1. The molecule has 12 heteroatoms. The van der Waals surface area contributed by atoms with Gasteiger partial charge in [-0.05, 0) is 35.9 Å². The van der Waals surface area contributed by atoms with E-state index in [9.17, 15) is 22.8 Å². The number of sulfonamides is 1. The predicted octanol–water partition coefficient (Wildman–Crippen LogP) is 1.38. The van der Waals surface area contributed by atoms with Crippen molar-refractivity contribution in [3.05, 3.63) is 65.9 Å². The molecular formula is C24H26N4O7S. The van der Waals surface area contributed by atoms with E-state index in [2.05, 4.69) is 15.1 Å². The van der Waals surface area contributed by atoms with Crippen LogP contribution in [0.2, 0.25) is 0 Å². The normalized spacial score (nSPS) is 12.3. The summed E-state index contributed by atoms with van der Waals surface area (Å²) in [5, 5.41) is 11.3. The third kappa shape index (κ3) is 6.84. The minimum absolute atomic E-state index is 0.0709. The number of carboxylic acids is 1. The van der Waals surface area contributed by atoms with E-state index in [0.29, 0.717) is 6.42 Å². The van der Waals surface area contributed by atoms with E-state index in [0.717, 1.165) is 16.5 Å². The Morgan fingerprint density at radius 2 is 1.94 bits per heavy atom. The van der Waals surface area contributed by atoms with E-state index >= 15 is 0 Å². The van der Waals surface area contributed by atoms with Crippen LogP contribution in [0.25, 0.3) is 10.9 Å². The molecule has 0 fully saturated rings. The molecule has 3 rings (SSSR count). The van der Waals surface area contributed by atoms with Crippen LogP contribution in [0.5, 0.6) is 5.75 Å². The molecule has 1 amide bonds. The van der Waals surface area contributed by atoms with Crippen LogP contribution in [0.15, 0.2) is 59.6 Å². The Bertz CT molecular complexity index is 1370. The van der Waals surface area contributed by atoms with Gasteiger partial charge in [-0.3, -0.25) is 20.0 Å². The fourth-order valence-corrected chi connectivity index (χ4v) is 4.77. The van der Waals surface area contributed by atoms with Crippen molar-refractivity contribution in [2.45, 2.75) is 23.8 Å². The van der Waals surface area contributed by atoms with Gasteiger partial charge in [-0.15, -0.1) is 0 Å². The Balaban J connectivity index is 1.90. The van der Waals surface area contributed by atoms with Gasteiger partial charge in [0.1, 0.15) is 16.9 Å². The molecule has 190 valence electrons. The van der Waals surface area contributed by atoms with Gasteiger partial charge in [-0.25, -0.2) is 18.1 Å². The number of carbonyl (C=O) groups is 3. The van der Waals surface area contributed by atoms with Gasteiger partial charge in [0.15, 0.2) is 0 Å². The van der Waals surface area contributed by atoms with Crippen LogP contribution < -0.4 is 14.9 Å². The summed E-state index contributed by atoms with van der Waals surface area (Å²) in [5.41, 5.74) is 4.45. The molecule has 36 heavy (non-hydrogen) atoms. The van der Waals surface area contributed by atoms with Gasteiger partial charge in [0.05, 0.1) is 24.6 Å². The second kappa shape index (κ2) is 11.7. The third-order valence-electron chi connectivity index (χ3n) is 5.05. The summed E-state index contributed by atoms with van der Waals surface area (Å²) in [4.78, 5) is 38.6. The van der Waals surface area contributed by atoms with E-state index < -0.39 is 34.4 Å². The Hall–Kier alpha value is -3.87. The standard InChI is InChI=1S/C24H26N4O7S/c1-28(2)26-24(32)17-8-9-22(36(33,34)27-18(15-29)14-23(30)31)21(13-17)35-12-10-16-5-3-7-20-19(16)6-4-11-25-20/h3-9,11,13,15,18,27H,10,12,14H2,1-2H3,(H,26,32)(H,30,31)/t18-/m0/s1. The topological polar surface area (TPSA) is 155 Å². The molecule has 0 saturated heterocycles. The van der Waals surface area contributed by atoms with Gasteiger partial charge >= 0.3 is 5.97 Å². The zero-order valence-electron chi connectivity index (χ0n) is 19.7.